The van der Waals surface area contributed by atoms with Crippen molar-refractivity contribution in [3.05, 3.63) is 30.1 Å². The Morgan fingerprint density at radius 2 is 2.15 bits per heavy atom. The second kappa shape index (κ2) is 4.91. The monoisotopic (exact) mass is 276 g/mol. The van der Waals surface area contributed by atoms with E-state index in [9.17, 15) is 9.90 Å². The molecule has 0 amide bonds. The van der Waals surface area contributed by atoms with Crippen molar-refractivity contribution in [3.63, 3.8) is 0 Å². The van der Waals surface area contributed by atoms with Gasteiger partial charge in [-0.1, -0.05) is 6.07 Å². The Balaban J connectivity index is 2.07. The number of methoxy groups -OCH3 is 1. The van der Waals surface area contributed by atoms with Crippen LogP contribution >= 0.6 is 0 Å². The summed E-state index contributed by atoms with van der Waals surface area (Å²) in [5.41, 5.74) is -0.627. The maximum Gasteiger partial charge on any atom is 0.169 e. The van der Waals surface area contributed by atoms with Crippen LogP contribution in [0, 0.1) is 0 Å². The number of aromatic nitrogens is 1. The van der Waals surface area contributed by atoms with Gasteiger partial charge in [0.15, 0.2) is 5.78 Å². The van der Waals surface area contributed by atoms with Crippen LogP contribution in [-0.2, 0) is 14.9 Å². The Morgan fingerprint density at radius 3 is 2.70 bits per heavy atom. The van der Waals surface area contributed by atoms with E-state index in [1.165, 1.54) is 0 Å². The van der Waals surface area contributed by atoms with Crippen molar-refractivity contribution in [2.75, 3.05) is 33.4 Å². The van der Waals surface area contributed by atoms with Gasteiger partial charge >= 0.3 is 0 Å². The van der Waals surface area contributed by atoms with Gasteiger partial charge in [-0.25, -0.2) is 0 Å². The highest BCUT2D eigenvalue weighted by Gasteiger charge is 2.61. The van der Waals surface area contributed by atoms with Gasteiger partial charge in [-0.2, -0.15) is 0 Å². The molecule has 1 aromatic rings. The Hall–Kier alpha value is -1.30. The minimum absolute atomic E-state index is 0.0607. The van der Waals surface area contributed by atoms with E-state index >= 15 is 0 Å². The van der Waals surface area contributed by atoms with E-state index in [1.807, 2.05) is 18.2 Å². The standard InChI is InChI=1S/C15H20N2O3/c1-20-11-15(10-18)13(19)14(5-8-17(15)9-6-14)12-4-2-3-7-16-12/h2-4,7,18H,5-6,8-11H2,1H3/t15-/m1/s1. The van der Waals surface area contributed by atoms with E-state index in [0.717, 1.165) is 31.6 Å². The molecule has 4 rings (SSSR count). The van der Waals surface area contributed by atoms with E-state index < -0.39 is 11.0 Å². The summed E-state index contributed by atoms with van der Waals surface area (Å²) in [6.07, 6.45) is 3.28. The first kappa shape index (κ1) is 13.7. The number of carbonyl (C=O) groups excluding carboxylic acids is 1. The number of aliphatic hydroxyl groups is 1. The summed E-state index contributed by atoms with van der Waals surface area (Å²) in [5.74, 6) is 0.0607. The third-order valence-electron chi connectivity index (χ3n) is 4.88. The number of Topliss-reactive ketones (excluding diaryl/α,β-unsaturated/α-hetero) is 1. The van der Waals surface area contributed by atoms with Crippen LogP contribution in [0.1, 0.15) is 18.5 Å². The van der Waals surface area contributed by atoms with Crippen molar-refractivity contribution in [2.24, 2.45) is 0 Å². The summed E-state index contributed by atoms with van der Waals surface area (Å²) >= 11 is 0. The zero-order valence-corrected chi connectivity index (χ0v) is 11.7. The number of carbonyl (C=O) groups is 1. The SMILES string of the molecule is COC[C@]1(CO)C(=O)C2(c3ccccn3)CCN1CC2. The number of hydrogen-bond acceptors (Lipinski definition) is 5. The van der Waals surface area contributed by atoms with Crippen molar-refractivity contribution < 1.29 is 14.6 Å². The summed E-state index contributed by atoms with van der Waals surface area (Å²) in [5, 5.41) is 9.86. The zero-order chi connectivity index (χ0) is 14.2. The lowest BCUT2D eigenvalue weighted by Gasteiger charge is -2.56. The van der Waals surface area contributed by atoms with Crippen molar-refractivity contribution >= 4 is 5.78 Å². The van der Waals surface area contributed by atoms with Crippen LogP contribution in [0.3, 0.4) is 0 Å². The minimum Gasteiger partial charge on any atom is -0.394 e. The molecular weight excluding hydrogens is 256 g/mol. The molecule has 3 saturated heterocycles. The van der Waals surface area contributed by atoms with Crippen molar-refractivity contribution in [1.82, 2.24) is 9.88 Å². The predicted molar refractivity (Wildman–Crippen MR) is 73.4 cm³/mol. The van der Waals surface area contributed by atoms with E-state index in [-0.39, 0.29) is 19.0 Å². The molecule has 0 saturated carbocycles. The van der Waals surface area contributed by atoms with Gasteiger partial charge < -0.3 is 9.84 Å². The first-order chi connectivity index (χ1) is 9.69. The van der Waals surface area contributed by atoms with E-state index in [4.69, 9.17) is 4.74 Å². The summed E-state index contributed by atoms with van der Waals surface area (Å²) < 4.78 is 5.24. The fourth-order valence-electron chi connectivity index (χ4n) is 3.76. The van der Waals surface area contributed by atoms with Crippen LogP contribution in [0.5, 0.6) is 0 Å². The summed E-state index contributed by atoms with van der Waals surface area (Å²) in [7, 11) is 1.57. The number of rotatable bonds is 4. The van der Waals surface area contributed by atoms with Gasteiger partial charge in [0.25, 0.3) is 0 Å². The lowest BCUT2D eigenvalue weighted by atomic mass is 9.61. The lowest BCUT2D eigenvalue weighted by Crippen LogP contribution is -2.74. The number of ketones is 1. The fraction of sp³-hybridized carbons (Fsp3) is 0.600. The van der Waals surface area contributed by atoms with E-state index in [0.29, 0.717) is 0 Å². The Bertz CT molecular complexity index is 497. The lowest BCUT2D eigenvalue weighted by molar-refractivity contribution is -0.162. The molecule has 3 aliphatic heterocycles. The number of piperidine rings is 3. The van der Waals surface area contributed by atoms with Crippen LogP contribution in [0.4, 0.5) is 0 Å². The van der Waals surface area contributed by atoms with Crippen LogP contribution < -0.4 is 0 Å². The van der Waals surface area contributed by atoms with Crippen LogP contribution in [0.25, 0.3) is 0 Å². The molecule has 0 aliphatic carbocycles. The van der Waals surface area contributed by atoms with Crippen molar-refractivity contribution in [1.29, 1.82) is 0 Å². The zero-order valence-electron chi connectivity index (χ0n) is 11.7. The van der Waals surface area contributed by atoms with Crippen molar-refractivity contribution in [2.45, 2.75) is 23.8 Å². The number of hydrogen-bond donors (Lipinski definition) is 1. The van der Waals surface area contributed by atoms with Crippen molar-refractivity contribution in [3.8, 4) is 0 Å². The number of pyridine rings is 1. The molecule has 1 aromatic heterocycles. The third-order valence-corrected chi connectivity index (χ3v) is 4.88. The number of nitrogens with zero attached hydrogens (tertiary/aromatic N) is 2. The molecule has 1 atom stereocenters. The molecule has 3 fully saturated rings. The molecule has 0 spiro atoms. The second-order valence-corrected chi connectivity index (χ2v) is 5.74. The molecule has 4 heterocycles. The predicted octanol–water partition coefficient (Wildman–Crippen LogP) is 0.375. The van der Waals surface area contributed by atoms with Crippen LogP contribution in [0.15, 0.2) is 24.4 Å². The molecule has 0 aromatic carbocycles. The van der Waals surface area contributed by atoms with E-state index in [2.05, 4.69) is 9.88 Å². The molecule has 5 heteroatoms. The molecule has 1 N–H and O–H groups in total. The first-order valence-electron chi connectivity index (χ1n) is 7.01. The van der Waals surface area contributed by atoms with Gasteiger partial charge in [0.1, 0.15) is 5.54 Å². The highest BCUT2D eigenvalue weighted by atomic mass is 16.5. The normalized spacial score (nSPS) is 36.3. The molecule has 108 valence electrons. The Kier molecular flexibility index (Phi) is 3.36. The molecule has 0 unspecified atom stereocenters. The average Bonchev–Trinajstić information content (AvgIpc) is 2.52. The Morgan fingerprint density at radius 1 is 1.40 bits per heavy atom. The molecule has 3 aliphatic rings. The maximum absolute atomic E-state index is 13.1. The topological polar surface area (TPSA) is 62.7 Å². The Labute approximate surface area is 118 Å². The fourth-order valence-corrected chi connectivity index (χ4v) is 3.76. The molecule has 20 heavy (non-hydrogen) atoms. The maximum atomic E-state index is 13.1. The van der Waals surface area contributed by atoms with Gasteiger partial charge in [0.05, 0.1) is 24.3 Å². The highest BCUT2D eigenvalue weighted by Crippen LogP contribution is 2.46. The number of fused-ring (bicyclic) bond motifs is 3. The van der Waals surface area contributed by atoms with E-state index in [1.54, 1.807) is 13.3 Å². The van der Waals surface area contributed by atoms with Crippen LogP contribution in [-0.4, -0.2) is 59.7 Å². The van der Waals surface area contributed by atoms with Gasteiger partial charge in [0.2, 0.25) is 0 Å². The van der Waals surface area contributed by atoms with Gasteiger partial charge in [-0.15, -0.1) is 0 Å². The number of ether oxygens (including phenoxy) is 1. The summed E-state index contributed by atoms with van der Waals surface area (Å²) in [6.45, 7) is 1.63. The highest BCUT2D eigenvalue weighted by molar-refractivity contribution is 5.99. The molecular formula is C15H20N2O3. The quantitative estimate of drug-likeness (QED) is 0.861. The molecule has 0 radical (unpaired) electrons. The smallest absolute Gasteiger partial charge is 0.169 e. The van der Waals surface area contributed by atoms with Gasteiger partial charge in [-0.3, -0.25) is 14.7 Å². The molecule has 5 nitrogen and oxygen atoms in total. The number of aliphatic hydroxyl groups excluding tert-OH is 1. The third kappa shape index (κ3) is 1.67. The average molecular weight is 276 g/mol. The molecule has 2 bridgehead atoms. The second-order valence-electron chi connectivity index (χ2n) is 5.74. The largest absolute Gasteiger partial charge is 0.394 e. The van der Waals surface area contributed by atoms with Crippen LogP contribution in [0.2, 0.25) is 0 Å². The summed E-state index contributed by atoms with van der Waals surface area (Å²) in [6, 6.07) is 5.70. The first-order valence-corrected chi connectivity index (χ1v) is 7.01. The summed E-state index contributed by atoms with van der Waals surface area (Å²) in [4.78, 5) is 19.6. The van der Waals surface area contributed by atoms with Gasteiger partial charge in [0, 0.05) is 26.4 Å². The van der Waals surface area contributed by atoms with Gasteiger partial charge in [-0.05, 0) is 25.0 Å². The minimum atomic E-state index is -0.900.